The van der Waals surface area contributed by atoms with Gasteiger partial charge >= 0.3 is 6.03 Å². The van der Waals surface area contributed by atoms with Gasteiger partial charge in [0.25, 0.3) is 0 Å². The molecule has 2 amide bonds. The number of rotatable bonds is 2. The predicted molar refractivity (Wildman–Crippen MR) is 78.6 cm³/mol. The van der Waals surface area contributed by atoms with Crippen molar-refractivity contribution in [1.29, 1.82) is 0 Å². The van der Waals surface area contributed by atoms with Crippen molar-refractivity contribution < 1.29 is 4.79 Å². The van der Waals surface area contributed by atoms with Crippen LogP contribution in [-0.2, 0) is 6.54 Å². The lowest BCUT2D eigenvalue weighted by Crippen LogP contribution is -2.50. The average molecular weight is 279 g/mol. The molecule has 1 aromatic heterocycles. The van der Waals surface area contributed by atoms with Crippen LogP contribution < -0.4 is 5.32 Å². The topological polar surface area (TPSA) is 35.6 Å². The van der Waals surface area contributed by atoms with E-state index in [1.165, 1.54) is 4.88 Å². The number of carbonyl (C=O) groups excluding carboxylic acids is 1. The molecule has 2 aliphatic rings. The maximum Gasteiger partial charge on any atom is 0.322 e. The Balaban J connectivity index is 1.66. The molecule has 0 aliphatic carbocycles. The highest BCUT2D eigenvalue weighted by Crippen LogP contribution is 2.31. The minimum atomic E-state index is 0.0777. The van der Waals surface area contributed by atoms with Crippen molar-refractivity contribution in [3.8, 4) is 0 Å². The summed E-state index contributed by atoms with van der Waals surface area (Å²) >= 11 is 1.73. The highest BCUT2D eigenvalue weighted by atomic mass is 32.1. The first-order chi connectivity index (χ1) is 9.15. The fourth-order valence-electron chi connectivity index (χ4n) is 3.00. The number of nitrogens with one attached hydrogen (secondary N) is 1. The average Bonchev–Trinajstić information content (AvgIpc) is 2.85. The van der Waals surface area contributed by atoms with E-state index in [0.717, 1.165) is 38.2 Å². The van der Waals surface area contributed by atoms with Gasteiger partial charge < -0.3 is 15.1 Å². The van der Waals surface area contributed by atoms with Gasteiger partial charge in [0.15, 0.2) is 0 Å². The lowest BCUT2D eigenvalue weighted by Gasteiger charge is -2.41. The van der Waals surface area contributed by atoms with Crippen molar-refractivity contribution in [1.82, 2.24) is 9.80 Å². The van der Waals surface area contributed by atoms with Crippen molar-refractivity contribution in [2.45, 2.75) is 45.3 Å². The van der Waals surface area contributed by atoms with Crippen LogP contribution >= 0.6 is 11.3 Å². The third kappa shape index (κ3) is 2.49. The fraction of sp³-hybridized carbons (Fsp3) is 0.643. The molecule has 1 saturated heterocycles. The van der Waals surface area contributed by atoms with Gasteiger partial charge in [0.1, 0.15) is 0 Å². The van der Waals surface area contributed by atoms with Gasteiger partial charge in [-0.05, 0) is 38.1 Å². The van der Waals surface area contributed by atoms with Gasteiger partial charge in [0, 0.05) is 30.1 Å². The monoisotopic (exact) mass is 279 g/mol. The molecule has 2 aliphatic heterocycles. The van der Waals surface area contributed by atoms with Gasteiger partial charge in [-0.15, -0.1) is 11.3 Å². The summed E-state index contributed by atoms with van der Waals surface area (Å²) in [6, 6.07) is 3.08. The molecule has 19 heavy (non-hydrogen) atoms. The smallest absolute Gasteiger partial charge is 0.316 e. The second kappa shape index (κ2) is 5.13. The van der Waals surface area contributed by atoms with Gasteiger partial charge in [0.05, 0.1) is 12.2 Å². The number of anilines is 1. The zero-order chi connectivity index (χ0) is 13.4. The molecule has 0 unspecified atom stereocenters. The number of carbonyl (C=O) groups is 1. The van der Waals surface area contributed by atoms with Crippen LogP contribution in [0.4, 0.5) is 10.5 Å². The Bertz CT molecular complexity index is 463. The van der Waals surface area contributed by atoms with E-state index in [9.17, 15) is 4.79 Å². The van der Waals surface area contributed by atoms with Crippen molar-refractivity contribution >= 4 is 23.1 Å². The van der Waals surface area contributed by atoms with Crippen LogP contribution in [0.25, 0.3) is 0 Å². The summed E-state index contributed by atoms with van der Waals surface area (Å²) in [4.78, 5) is 18.0. The van der Waals surface area contributed by atoms with E-state index in [1.54, 1.807) is 11.3 Å². The van der Waals surface area contributed by atoms with Crippen LogP contribution in [0, 0.1) is 0 Å². The second-order valence-corrected chi connectivity index (χ2v) is 6.68. The number of urea groups is 1. The first kappa shape index (κ1) is 12.9. The van der Waals surface area contributed by atoms with Crippen LogP contribution in [0.1, 0.15) is 31.6 Å². The lowest BCUT2D eigenvalue weighted by atomic mass is 10.0. The van der Waals surface area contributed by atoms with E-state index in [4.69, 9.17) is 0 Å². The van der Waals surface area contributed by atoms with E-state index in [-0.39, 0.29) is 6.03 Å². The number of amides is 2. The highest BCUT2D eigenvalue weighted by Gasteiger charge is 2.32. The second-order valence-electron chi connectivity index (χ2n) is 5.68. The maximum atomic E-state index is 12.2. The first-order valence-electron chi connectivity index (χ1n) is 7.03. The minimum Gasteiger partial charge on any atom is -0.316 e. The zero-order valence-electron chi connectivity index (χ0n) is 11.6. The zero-order valence-corrected chi connectivity index (χ0v) is 12.4. The van der Waals surface area contributed by atoms with Crippen LogP contribution in [0.2, 0.25) is 0 Å². The van der Waals surface area contributed by atoms with Crippen molar-refractivity contribution in [3.63, 3.8) is 0 Å². The van der Waals surface area contributed by atoms with Crippen molar-refractivity contribution in [2.24, 2.45) is 0 Å². The molecule has 1 fully saturated rings. The molecular weight excluding hydrogens is 258 g/mol. The van der Waals surface area contributed by atoms with Crippen LogP contribution in [0.15, 0.2) is 11.4 Å². The molecule has 0 radical (unpaired) electrons. The minimum absolute atomic E-state index is 0.0777. The molecular formula is C14H21N3OS. The van der Waals surface area contributed by atoms with Crippen LogP contribution in [0.3, 0.4) is 0 Å². The van der Waals surface area contributed by atoms with E-state index >= 15 is 0 Å². The molecule has 0 bridgehead atoms. The molecule has 0 spiro atoms. The van der Waals surface area contributed by atoms with Crippen LogP contribution in [-0.4, -0.2) is 41.0 Å². The van der Waals surface area contributed by atoms with E-state index in [0.29, 0.717) is 12.1 Å². The molecule has 1 N–H and O–H groups in total. The Kier molecular flexibility index (Phi) is 3.50. The van der Waals surface area contributed by atoms with E-state index < -0.39 is 0 Å². The molecule has 104 valence electrons. The summed E-state index contributed by atoms with van der Waals surface area (Å²) in [5.74, 6) is 0. The van der Waals surface area contributed by atoms with E-state index in [1.807, 2.05) is 11.0 Å². The molecule has 0 saturated carbocycles. The number of likely N-dealkylation sites (tertiary alicyclic amines) is 1. The third-order valence-corrected chi connectivity index (χ3v) is 5.14. The largest absolute Gasteiger partial charge is 0.322 e. The van der Waals surface area contributed by atoms with Gasteiger partial charge in [0.2, 0.25) is 0 Å². The Hall–Kier alpha value is -1.07. The maximum absolute atomic E-state index is 12.2. The number of fused-ring (bicyclic) bond motifs is 1. The predicted octanol–water partition coefficient (Wildman–Crippen LogP) is 2.97. The summed E-state index contributed by atoms with van der Waals surface area (Å²) in [6.07, 6.45) is 2.18. The molecule has 0 aromatic carbocycles. The molecule has 5 heteroatoms. The molecule has 3 rings (SSSR count). The Morgan fingerprint density at radius 2 is 2.11 bits per heavy atom. The van der Waals surface area contributed by atoms with Gasteiger partial charge in [-0.25, -0.2) is 4.79 Å². The molecule has 1 aromatic rings. The molecule has 0 atom stereocenters. The number of thiophene rings is 1. The molecule has 4 nitrogen and oxygen atoms in total. The summed E-state index contributed by atoms with van der Waals surface area (Å²) in [7, 11) is 0. The van der Waals surface area contributed by atoms with Gasteiger partial charge in [-0.2, -0.15) is 0 Å². The Morgan fingerprint density at radius 1 is 1.37 bits per heavy atom. The number of piperidine rings is 1. The summed E-state index contributed by atoms with van der Waals surface area (Å²) < 4.78 is 0. The number of nitrogens with zero attached hydrogens (tertiary/aromatic N) is 2. The highest BCUT2D eigenvalue weighted by molar-refractivity contribution is 7.10. The summed E-state index contributed by atoms with van der Waals surface area (Å²) in [5, 5.41) is 5.06. The quantitative estimate of drug-likeness (QED) is 0.903. The Morgan fingerprint density at radius 3 is 2.79 bits per heavy atom. The van der Waals surface area contributed by atoms with E-state index in [2.05, 4.69) is 29.4 Å². The first-order valence-corrected chi connectivity index (χ1v) is 7.91. The Labute approximate surface area is 118 Å². The fourth-order valence-corrected chi connectivity index (χ4v) is 3.82. The van der Waals surface area contributed by atoms with Crippen molar-refractivity contribution in [3.05, 3.63) is 16.3 Å². The lowest BCUT2D eigenvalue weighted by molar-refractivity contribution is 0.106. The summed E-state index contributed by atoms with van der Waals surface area (Å²) in [6.45, 7) is 7.47. The van der Waals surface area contributed by atoms with Crippen LogP contribution in [0.5, 0.6) is 0 Å². The normalized spacial score (nSPS) is 21.6. The van der Waals surface area contributed by atoms with Crippen molar-refractivity contribution in [2.75, 3.05) is 18.4 Å². The number of hydrogen-bond acceptors (Lipinski definition) is 3. The molecule has 3 heterocycles. The standard InChI is InChI=1S/C14H21N3OS/c1-10(2)16-6-3-11(4-7-16)17-9-13-12(5-8-19-13)15-14(17)18/h5,8,10-11H,3-4,6-7,9H2,1-2H3,(H,15,18). The number of hydrogen-bond donors (Lipinski definition) is 1. The SMILES string of the molecule is CC(C)N1CCC(N2Cc3sccc3NC2=O)CC1. The summed E-state index contributed by atoms with van der Waals surface area (Å²) in [5.41, 5.74) is 1.01. The van der Waals surface area contributed by atoms with Gasteiger partial charge in [-0.3, -0.25) is 0 Å². The third-order valence-electron chi connectivity index (χ3n) is 4.23. The van der Waals surface area contributed by atoms with Gasteiger partial charge in [-0.1, -0.05) is 0 Å².